The van der Waals surface area contributed by atoms with E-state index in [0.717, 1.165) is 18.4 Å². The Morgan fingerprint density at radius 1 is 0.923 bits per heavy atom. The molecule has 0 bridgehead atoms. The molecule has 0 aliphatic heterocycles. The predicted molar refractivity (Wildman–Crippen MR) is 110 cm³/mol. The number of nitrogens with zero attached hydrogens (tertiary/aromatic N) is 1. The van der Waals surface area contributed by atoms with Crippen LogP contribution in [-0.4, -0.2) is 4.98 Å². The summed E-state index contributed by atoms with van der Waals surface area (Å²) in [6.45, 7) is 4.45. The van der Waals surface area contributed by atoms with Gasteiger partial charge in [0.05, 0.1) is 11.2 Å². The van der Waals surface area contributed by atoms with Crippen molar-refractivity contribution in [1.29, 1.82) is 0 Å². The molecule has 1 heterocycles. The number of benzene rings is 2. The normalized spacial score (nSPS) is 21.1. The SMILES string of the molecule is [2H]c1cc(C2([2H])CCC(C)(C)CC2)cc([2H])c1-c1c([2H])cnc(-c2ccccc2)c1[2H]. The van der Waals surface area contributed by atoms with Gasteiger partial charge in [0.25, 0.3) is 0 Å². The van der Waals surface area contributed by atoms with Crippen molar-refractivity contribution in [3.63, 3.8) is 0 Å². The van der Waals surface area contributed by atoms with Gasteiger partial charge in [-0.05, 0) is 65.8 Å². The Balaban J connectivity index is 1.80. The van der Waals surface area contributed by atoms with Crippen LogP contribution >= 0.6 is 0 Å². The van der Waals surface area contributed by atoms with Crippen LogP contribution in [0.2, 0.25) is 0 Å². The van der Waals surface area contributed by atoms with Gasteiger partial charge in [-0.1, -0.05) is 68.4 Å². The third-order valence-electron chi connectivity index (χ3n) is 5.30. The highest BCUT2D eigenvalue weighted by Crippen LogP contribution is 2.42. The number of aromatic nitrogens is 1. The summed E-state index contributed by atoms with van der Waals surface area (Å²) in [5, 5.41) is 0. The summed E-state index contributed by atoms with van der Waals surface area (Å²) in [4.78, 5) is 4.28. The van der Waals surface area contributed by atoms with Gasteiger partial charge in [-0.15, -0.1) is 0 Å². The van der Waals surface area contributed by atoms with Crippen molar-refractivity contribution < 1.29 is 6.85 Å². The third kappa shape index (κ3) is 3.72. The quantitative estimate of drug-likeness (QED) is 0.493. The number of pyridine rings is 1. The topological polar surface area (TPSA) is 12.9 Å². The molecular weight excluding hydrogens is 314 g/mol. The van der Waals surface area contributed by atoms with Crippen molar-refractivity contribution in [2.24, 2.45) is 5.41 Å². The predicted octanol–water partition coefficient (Wildman–Crippen LogP) is 7.10. The zero-order valence-corrected chi connectivity index (χ0v) is 15.4. The molecule has 0 radical (unpaired) electrons. The number of hydrogen-bond donors (Lipinski definition) is 0. The third-order valence-corrected chi connectivity index (χ3v) is 5.30. The lowest BCUT2D eigenvalue weighted by Crippen LogP contribution is -2.20. The maximum absolute atomic E-state index is 8.99. The maximum atomic E-state index is 8.99. The van der Waals surface area contributed by atoms with E-state index in [4.69, 9.17) is 6.85 Å². The van der Waals surface area contributed by atoms with Crippen molar-refractivity contribution in [3.8, 4) is 22.4 Å². The summed E-state index contributed by atoms with van der Waals surface area (Å²) in [7, 11) is 0. The molecule has 1 fully saturated rings. The van der Waals surface area contributed by atoms with Crippen molar-refractivity contribution >= 4 is 0 Å². The molecule has 0 unspecified atom stereocenters. The summed E-state index contributed by atoms with van der Waals surface area (Å²) in [5.41, 5.74) is 2.62. The molecule has 1 aliphatic carbocycles. The van der Waals surface area contributed by atoms with Crippen LogP contribution in [0.15, 0.2) is 72.8 Å². The number of rotatable bonds is 3. The van der Waals surface area contributed by atoms with E-state index >= 15 is 0 Å². The first-order valence-electron chi connectivity index (χ1n) is 11.8. The molecule has 132 valence electrons. The lowest BCUT2D eigenvalue weighted by atomic mass is 9.71. The standard InChI is InChI=1S/C25H27N/c1-25(2)15-12-21(13-16-25)19-8-10-20(11-9-19)23-14-17-26-24(18-23)22-6-4-3-5-7-22/h3-11,14,17-18,21H,12-13,15-16H2,1-2H3/i10D,11D,14D,18D,21D. The highest BCUT2D eigenvalue weighted by Gasteiger charge is 2.27. The van der Waals surface area contributed by atoms with Gasteiger partial charge in [0, 0.05) is 13.1 Å². The van der Waals surface area contributed by atoms with Crippen molar-refractivity contribution in [2.75, 3.05) is 0 Å². The molecule has 0 N–H and O–H groups in total. The highest BCUT2D eigenvalue weighted by atomic mass is 14.7. The minimum Gasteiger partial charge on any atom is -0.256 e. The monoisotopic (exact) mass is 346 g/mol. The second-order valence-electron chi connectivity index (χ2n) is 7.79. The Kier molecular flexibility index (Phi) is 3.28. The lowest BCUT2D eigenvalue weighted by Gasteiger charge is -2.34. The molecule has 26 heavy (non-hydrogen) atoms. The fourth-order valence-electron chi connectivity index (χ4n) is 3.47. The minimum atomic E-state index is -0.791. The maximum Gasteiger partial charge on any atom is 0.0708 e. The van der Waals surface area contributed by atoms with E-state index in [-0.39, 0.29) is 40.7 Å². The second kappa shape index (κ2) is 7.07. The Bertz CT molecular complexity index is 1090. The second-order valence-corrected chi connectivity index (χ2v) is 7.79. The van der Waals surface area contributed by atoms with Gasteiger partial charge in [-0.25, -0.2) is 0 Å². The summed E-state index contributed by atoms with van der Waals surface area (Å²) in [5.74, 6) is -0.791. The first kappa shape index (κ1) is 12.1. The molecule has 0 amide bonds. The fraction of sp³-hybridized carbons (Fsp3) is 0.320. The molecule has 0 spiro atoms. The molecule has 3 aromatic rings. The Morgan fingerprint density at radius 2 is 1.62 bits per heavy atom. The average molecular weight is 347 g/mol. The summed E-state index contributed by atoms with van der Waals surface area (Å²) in [6, 6.07) is 12.9. The van der Waals surface area contributed by atoms with E-state index in [1.54, 1.807) is 12.1 Å². The van der Waals surface area contributed by atoms with Gasteiger partial charge in [-0.3, -0.25) is 4.98 Å². The van der Waals surface area contributed by atoms with Crippen LogP contribution in [0, 0.1) is 5.41 Å². The molecule has 1 saturated carbocycles. The number of hydrogen-bond acceptors (Lipinski definition) is 1. The lowest BCUT2D eigenvalue weighted by molar-refractivity contribution is 0.224. The Hall–Kier alpha value is -2.41. The molecule has 0 saturated heterocycles. The van der Waals surface area contributed by atoms with Crippen LogP contribution in [0.4, 0.5) is 0 Å². The van der Waals surface area contributed by atoms with E-state index < -0.39 is 5.89 Å². The van der Waals surface area contributed by atoms with Gasteiger partial charge in [0.2, 0.25) is 0 Å². The van der Waals surface area contributed by atoms with Gasteiger partial charge in [-0.2, -0.15) is 0 Å². The Labute approximate surface area is 164 Å². The minimum absolute atomic E-state index is 0.0273. The highest BCUT2D eigenvalue weighted by molar-refractivity contribution is 5.70. The summed E-state index contributed by atoms with van der Waals surface area (Å²) < 4.78 is 43.3. The van der Waals surface area contributed by atoms with Gasteiger partial charge in [0.1, 0.15) is 0 Å². The zero-order chi connectivity index (χ0) is 22.4. The van der Waals surface area contributed by atoms with Crippen molar-refractivity contribution in [1.82, 2.24) is 4.98 Å². The molecule has 0 atom stereocenters. The fourth-order valence-corrected chi connectivity index (χ4v) is 3.47. The van der Waals surface area contributed by atoms with Gasteiger partial charge < -0.3 is 0 Å². The van der Waals surface area contributed by atoms with E-state index in [1.165, 1.54) is 6.20 Å². The van der Waals surface area contributed by atoms with Crippen LogP contribution in [-0.2, 0) is 0 Å². The molecule has 1 aromatic heterocycles. The molecule has 1 heteroatoms. The first-order chi connectivity index (χ1) is 14.6. The molecule has 1 aliphatic rings. The summed E-state index contributed by atoms with van der Waals surface area (Å²) in [6.07, 6.45) is 4.69. The Morgan fingerprint density at radius 3 is 2.31 bits per heavy atom. The zero-order valence-electron chi connectivity index (χ0n) is 20.4. The van der Waals surface area contributed by atoms with E-state index in [2.05, 4.69) is 18.8 Å². The van der Waals surface area contributed by atoms with Crippen LogP contribution < -0.4 is 0 Å². The van der Waals surface area contributed by atoms with Crippen LogP contribution in [0.3, 0.4) is 0 Å². The molecule has 4 rings (SSSR count). The van der Waals surface area contributed by atoms with Crippen molar-refractivity contribution in [2.45, 2.75) is 45.4 Å². The molecular formula is C25H27N. The largest absolute Gasteiger partial charge is 0.256 e. The van der Waals surface area contributed by atoms with Gasteiger partial charge in [0.15, 0.2) is 0 Å². The molecule has 2 aromatic carbocycles. The molecule has 1 nitrogen and oxygen atoms in total. The van der Waals surface area contributed by atoms with E-state index in [1.807, 2.05) is 30.3 Å². The smallest absolute Gasteiger partial charge is 0.0708 e. The van der Waals surface area contributed by atoms with Gasteiger partial charge >= 0.3 is 0 Å². The van der Waals surface area contributed by atoms with E-state index in [9.17, 15) is 0 Å². The van der Waals surface area contributed by atoms with Crippen LogP contribution in [0.1, 0.15) is 57.8 Å². The van der Waals surface area contributed by atoms with Crippen LogP contribution in [0.5, 0.6) is 0 Å². The summed E-state index contributed by atoms with van der Waals surface area (Å²) >= 11 is 0. The average Bonchev–Trinajstić information content (AvgIpc) is 2.73. The van der Waals surface area contributed by atoms with Crippen LogP contribution in [0.25, 0.3) is 22.4 Å². The first-order valence-corrected chi connectivity index (χ1v) is 9.25. The van der Waals surface area contributed by atoms with E-state index in [0.29, 0.717) is 24.1 Å². The van der Waals surface area contributed by atoms with Crippen molar-refractivity contribution in [3.05, 3.63) is 78.4 Å².